The van der Waals surface area contributed by atoms with Crippen molar-refractivity contribution in [1.82, 2.24) is 20.1 Å². The molecule has 3 heterocycles. The molecule has 6 rings (SSSR count). The first-order valence-electron chi connectivity index (χ1n) is 12.7. The van der Waals surface area contributed by atoms with Crippen LogP contribution in [0.1, 0.15) is 46.9 Å². The average molecular weight is 483 g/mol. The number of piperidine rings is 1. The number of imide groups is 1. The van der Waals surface area contributed by atoms with Gasteiger partial charge in [0.1, 0.15) is 5.54 Å². The van der Waals surface area contributed by atoms with Gasteiger partial charge in [0.25, 0.3) is 11.8 Å². The lowest BCUT2D eigenvalue weighted by atomic mass is 9.78. The molecule has 2 aromatic carbocycles. The lowest BCUT2D eigenvalue weighted by Crippen LogP contribution is -2.55. The van der Waals surface area contributed by atoms with Crippen molar-refractivity contribution in [1.29, 1.82) is 0 Å². The van der Waals surface area contributed by atoms with Crippen LogP contribution in [0.5, 0.6) is 0 Å². The minimum absolute atomic E-state index is 0.00701. The van der Waals surface area contributed by atoms with Gasteiger partial charge in [0, 0.05) is 30.2 Å². The van der Waals surface area contributed by atoms with E-state index in [1.165, 1.54) is 16.0 Å². The van der Waals surface area contributed by atoms with Crippen molar-refractivity contribution in [2.75, 3.05) is 13.1 Å². The fourth-order valence-electron chi connectivity index (χ4n) is 6.32. The molecule has 1 unspecified atom stereocenters. The third-order valence-electron chi connectivity index (χ3n) is 8.32. The first kappa shape index (κ1) is 22.7. The molecule has 36 heavy (non-hydrogen) atoms. The molecular weight excluding hydrogens is 452 g/mol. The van der Waals surface area contributed by atoms with E-state index in [0.29, 0.717) is 44.3 Å². The monoisotopic (exact) mass is 482 g/mol. The predicted octanol–water partition coefficient (Wildman–Crippen LogP) is 3.87. The van der Waals surface area contributed by atoms with Crippen molar-refractivity contribution >= 4 is 28.7 Å². The second-order valence-corrected chi connectivity index (χ2v) is 10.5. The molecule has 0 spiro atoms. The molecule has 2 aliphatic heterocycles. The standard InChI is InChI=1S/C29H30N4O3/c1-18-15-24(23-9-5-6-10-25(23)30-18)26(34)32-13-11-21(12-14-32)29(2)27(35)33(28(36)31-29)22-16-19-7-3-4-8-20(19)17-22/h3-10,15,21-22H,11-14,16-17H2,1-2H3,(H,31,36). The Bertz CT molecular complexity index is 1370. The van der Waals surface area contributed by atoms with Gasteiger partial charge in [-0.3, -0.25) is 19.5 Å². The SMILES string of the molecule is Cc1cc(C(=O)N2CCC(C3(C)NC(=O)N(C4Cc5ccccc5C4)C3=O)CC2)c2ccccc2n1. The van der Waals surface area contributed by atoms with Crippen LogP contribution in [-0.2, 0) is 17.6 Å². The van der Waals surface area contributed by atoms with E-state index in [1.54, 1.807) is 0 Å². The number of aryl methyl sites for hydroxylation is 1. The molecule has 1 N–H and O–H groups in total. The van der Waals surface area contributed by atoms with Gasteiger partial charge in [-0.2, -0.15) is 0 Å². The fraction of sp³-hybridized carbons (Fsp3) is 0.379. The molecule has 1 aromatic heterocycles. The quantitative estimate of drug-likeness (QED) is 0.575. The summed E-state index contributed by atoms with van der Waals surface area (Å²) in [7, 11) is 0. The molecule has 184 valence electrons. The van der Waals surface area contributed by atoms with Crippen LogP contribution in [0.2, 0.25) is 0 Å². The van der Waals surface area contributed by atoms with Crippen molar-refractivity contribution in [3.8, 4) is 0 Å². The largest absolute Gasteiger partial charge is 0.339 e. The Morgan fingerprint density at radius 3 is 2.33 bits per heavy atom. The van der Waals surface area contributed by atoms with Crippen LogP contribution in [0.25, 0.3) is 10.9 Å². The maximum atomic E-state index is 13.7. The first-order chi connectivity index (χ1) is 17.3. The van der Waals surface area contributed by atoms with E-state index in [0.717, 1.165) is 16.6 Å². The number of para-hydroxylation sites is 1. The number of fused-ring (bicyclic) bond motifs is 2. The van der Waals surface area contributed by atoms with E-state index < -0.39 is 5.54 Å². The van der Waals surface area contributed by atoms with Gasteiger partial charge < -0.3 is 10.2 Å². The number of benzene rings is 2. The van der Waals surface area contributed by atoms with Gasteiger partial charge in [-0.25, -0.2) is 4.79 Å². The van der Waals surface area contributed by atoms with Gasteiger partial charge in [0.15, 0.2) is 0 Å². The second-order valence-electron chi connectivity index (χ2n) is 10.5. The summed E-state index contributed by atoms with van der Waals surface area (Å²) in [5, 5.41) is 3.89. The number of rotatable bonds is 3. The van der Waals surface area contributed by atoms with Crippen molar-refractivity contribution in [2.24, 2.45) is 5.92 Å². The van der Waals surface area contributed by atoms with Crippen molar-refractivity contribution in [3.05, 3.63) is 77.0 Å². The number of pyridine rings is 1. The van der Waals surface area contributed by atoms with Crippen LogP contribution in [0.3, 0.4) is 0 Å². The molecule has 0 radical (unpaired) electrons. The number of nitrogens with zero attached hydrogens (tertiary/aromatic N) is 3. The predicted molar refractivity (Wildman–Crippen MR) is 137 cm³/mol. The number of carbonyl (C=O) groups excluding carboxylic acids is 3. The highest BCUT2D eigenvalue weighted by atomic mass is 16.2. The van der Waals surface area contributed by atoms with Crippen LogP contribution >= 0.6 is 0 Å². The Balaban J connectivity index is 1.16. The maximum absolute atomic E-state index is 13.7. The second kappa shape index (κ2) is 8.43. The zero-order valence-corrected chi connectivity index (χ0v) is 20.7. The number of nitrogens with one attached hydrogen (secondary N) is 1. The number of urea groups is 1. The zero-order valence-electron chi connectivity index (χ0n) is 20.7. The summed E-state index contributed by atoms with van der Waals surface area (Å²) in [6, 6.07) is 17.3. The number of aromatic nitrogens is 1. The van der Waals surface area contributed by atoms with Crippen LogP contribution in [-0.4, -0.2) is 57.3 Å². The van der Waals surface area contributed by atoms with Gasteiger partial charge in [-0.15, -0.1) is 0 Å². The van der Waals surface area contributed by atoms with Crippen molar-refractivity contribution in [2.45, 2.75) is 51.1 Å². The summed E-state index contributed by atoms with van der Waals surface area (Å²) in [4.78, 5) is 48.0. The summed E-state index contributed by atoms with van der Waals surface area (Å²) in [6.45, 7) is 4.86. The summed E-state index contributed by atoms with van der Waals surface area (Å²) in [5.74, 6) is -0.166. The fourth-order valence-corrected chi connectivity index (χ4v) is 6.32. The summed E-state index contributed by atoms with van der Waals surface area (Å²) >= 11 is 0. The minimum Gasteiger partial charge on any atom is -0.339 e. The van der Waals surface area contributed by atoms with Crippen LogP contribution in [0, 0.1) is 12.8 Å². The third-order valence-corrected chi connectivity index (χ3v) is 8.32. The van der Waals surface area contributed by atoms with E-state index in [1.807, 2.05) is 61.2 Å². The molecule has 2 fully saturated rings. The van der Waals surface area contributed by atoms with Gasteiger partial charge in [0.2, 0.25) is 0 Å². The van der Waals surface area contributed by atoms with Gasteiger partial charge in [0.05, 0.1) is 11.1 Å². The van der Waals surface area contributed by atoms with Crippen LogP contribution in [0.4, 0.5) is 4.79 Å². The molecule has 3 aromatic rings. The molecule has 1 atom stereocenters. The molecule has 7 heteroatoms. The van der Waals surface area contributed by atoms with E-state index in [2.05, 4.69) is 22.4 Å². The number of likely N-dealkylation sites (tertiary alicyclic amines) is 1. The Morgan fingerprint density at radius 1 is 1.00 bits per heavy atom. The van der Waals surface area contributed by atoms with Crippen molar-refractivity contribution < 1.29 is 14.4 Å². The van der Waals surface area contributed by atoms with Crippen LogP contribution < -0.4 is 5.32 Å². The smallest absolute Gasteiger partial charge is 0.325 e. The molecule has 2 saturated heterocycles. The molecular formula is C29H30N4O3. The third kappa shape index (κ3) is 3.56. The molecule has 7 nitrogen and oxygen atoms in total. The van der Waals surface area contributed by atoms with Crippen molar-refractivity contribution in [3.63, 3.8) is 0 Å². The summed E-state index contributed by atoms with van der Waals surface area (Å²) < 4.78 is 0. The Labute approximate surface area is 210 Å². The Kier molecular flexibility index (Phi) is 5.32. The molecule has 0 saturated carbocycles. The van der Waals surface area contributed by atoms with E-state index >= 15 is 0 Å². The van der Waals surface area contributed by atoms with E-state index in [-0.39, 0.29) is 29.8 Å². The summed E-state index contributed by atoms with van der Waals surface area (Å²) in [6.07, 6.45) is 2.74. The molecule has 4 amide bonds. The van der Waals surface area contributed by atoms with E-state index in [4.69, 9.17) is 0 Å². The number of amides is 4. The van der Waals surface area contributed by atoms with Gasteiger partial charge in [-0.1, -0.05) is 42.5 Å². The highest BCUT2D eigenvalue weighted by Gasteiger charge is 2.55. The molecule has 3 aliphatic rings. The Hall–Kier alpha value is -3.74. The number of hydrogen-bond acceptors (Lipinski definition) is 4. The topological polar surface area (TPSA) is 82.6 Å². The van der Waals surface area contributed by atoms with Crippen LogP contribution in [0.15, 0.2) is 54.6 Å². The maximum Gasteiger partial charge on any atom is 0.325 e. The summed E-state index contributed by atoms with van der Waals surface area (Å²) in [5.41, 5.74) is 3.77. The minimum atomic E-state index is -0.944. The first-order valence-corrected chi connectivity index (χ1v) is 12.7. The van der Waals surface area contributed by atoms with Gasteiger partial charge >= 0.3 is 6.03 Å². The lowest BCUT2D eigenvalue weighted by molar-refractivity contribution is -0.134. The number of carbonyl (C=O) groups is 3. The average Bonchev–Trinajstić information content (AvgIpc) is 3.40. The normalized spacial score (nSPS) is 22.8. The highest BCUT2D eigenvalue weighted by molar-refractivity contribution is 6.08. The lowest BCUT2D eigenvalue weighted by Gasteiger charge is -2.39. The Morgan fingerprint density at radius 2 is 1.64 bits per heavy atom. The van der Waals surface area contributed by atoms with Gasteiger partial charge in [-0.05, 0) is 68.7 Å². The molecule has 0 bridgehead atoms. The van der Waals surface area contributed by atoms with E-state index in [9.17, 15) is 14.4 Å². The number of hydrogen-bond donors (Lipinski definition) is 1. The zero-order chi connectivity index (χ0) is 25.0. The highest BCUT2D eigenvalue weighted by Crippen LogP contribution is 2.37. The molecule has 1 aliphatic carbocycles.